The smallest absolute Gasteiger partial charge is 0.0863 e. The third-order valence-corrected chi connectivity index (χ3v) is 5.19. The number of hydrogen-bond donors (Lipinski definition) is 0. The summed E-state index contributed by atoms with van der Waals surface area (Å²) in [6.45, 7) is 2.15. The minimum atomic E-state index is 0.220. The lowest BCUT2D eigenvalue weighted by Gasteiger charge is -2.10. The molecule has 0 aliphatic carbocycles. The van der Waals surface area contributed by atoms with Crippen LogP contribution in [0.2, 0.25) is 10.0 Å². The minimum absolute atomic E-state index is 0.220. The average molecular weight is 383 g/mol. The number of rotatable bonds is 4. The van der Waals surface area contributed by atoms with Gasteiger partial charge < -0.3 is 0 Å². The molecule has 130 valence electrons. The van der Waals surface area contributed by atoms with Crippen LogP contribution in [0.25, 0.3) is 16.6 Å². The Hall–Kier alpha value is -2.43. The summed E-state index contributed by atoms with van der Waals surface area (Å²) in [4.78, 5) is 4.43. The Balaban J connectivity index is 1.60. The molecular weight excluding hydrogens is 367 g/mol. The highest BCUT2D eigenvalue weighted by molar-refractivity contribution is 6.42. The van der Waals surface area contributed by atoms with Crippen LogP contribution in [0.3, 0.4) is 0 Å². The van der Waals surface area contributed by atoms with E-state index >= 15 is 0 Å². The van der Waals surface area contributed by atoms with Crippen molar-refractivity contribution in [2.45, 2.75) is 19.3 Å². The standard InChI is InChI=1S/C20H16Cl2N4/c1-13(10-14-8-9-23-19-5-3-2-4-16(14)19)20-12-26(25-24-20)15-6-7-17(21)18(22)11-15/h2-9,11-13H,10H2,1H3. The van der Waals surface area contributed by atoms with Crippen LogP contribution in [0.5, 0.6) is 0 Å². The van der Waals surface area contributed by atoms with Crippen molar-refractivity contribution in [2.24, 2.45) is 0 Å². The van der Waals surface area contributed by atoms with Crippen molar-refractivity contribution in [1.82, 2.24) is 20.0 Å². The van der Waals surface area contributed by atoms with Crippen molar-refractivity contribution in [2.75, 3.05) is 0 Å². The first-order valence-electron chi connectivity index (χ1n) is 8.32. The van der Waals surface area contributed by atoms with Crippen molar-refractivity contribution in [3.8, 4) is 5.69 Å². The van der Waals surface area contributed by atoms with Crippen molar-refractivity contribution in [3.63, 3.8) is 0 Å². The normalized spacial score (nSPS) is 12.4. The van der Waals surface area contributed by atoms with Crippen molar-refractivity contribution in [3.05, 3.63) is 82.2 Å². The number of halogens is 2. The van der Waals surface area contributed by atoms with Gasteiger partial charge in [0.2, 0.25) is 0 Å². The molecule has 6 heteroatoms. The van der Waals surface area contributed by atoms with Crippen LogP contribution in [0.15, 0.2) is 60.9 Å². The van der Waals surface area contributed by atoms with Crippen LogP contribution in [-0.2, 0) is 6.42 Å². The molecule has 4 nitrogen and oxygen atoms in total. The van der Waals surface area contributed by atoms with E-state index in [4.69, 9.17) is 23.2 Å². The molecule has 0 spiro atoms. The van der Waals surface area contributed by atoms with Gasteiger partial charge in [-0.05, 0) is 42.3 Å². The van der Waals surface area contributed by atoms with Gasteiger partial charge in [0.15, 0.2) is 0 Å². The highest BCUT2D eigenvalue weighted by Crippen LogP contribution is 2.26. The molecule has 1 atom stereocenters. The number of pyridine rings is 1. The van der Waals surface area contributed by atoms with Crippen molar-refractivity contribution < 1.29 is 0 Å². The van der Waals surface area contributed by atoms with E-state index in [1.807, 2.05) is 36.7 Å². The van der Waals surface area contributed by atoms with E-state index < -0.39 is 0 Å². The Bertz CT molecular complexity index is 1070. The molecular formula is C20H16Cl2N4. The van der Waals surface area contributed by atoms with Crippen molar-refractivity contribution in [1.29, 1.82) is 0 Å². The SMILES string of the molecule is CC(Cc1ccnc2ccccc12)c1cn(-c2ccc(Cl)c(Cl)c2)nn1. The van der Waals surface area contributed by atoms with Crippen LogP contribution >= 0.6 is 23.2 Å². The number of hydrogen-bond acceptors (Lipinski definition) is 3. The molecule has 0 fully saturated rings. The lowest BCUT2D eigenvalue weighted by Crippen LogP contribution is -2.00. The van der Waals surface area contributed by atoms with E-state index in [2.05, 4.69) is 34.4 Å². The summed E-state index contributed by atoms with van der Waals surface area (Å²) in [6.07, 6.45) is 4.66. The Labute approximate surface area is 161 Å². The van der Waals surface area contributed by atoms with Gasteiger partial charge in [0.1, 0.15) is 0 Å². The predicted molar refractivity (Wildman–Crippen MR) is 105 cm³/mol. The fourth-order valence-electron chi connectivity index (χ4n) is 3.02. The van der Waals surface area contributed by atoms with Crippen LogP contribution < -0.4 is 0 Å². The topological polar surface area (TPSA) is 43.6 Å². The zero-order valence-electron chi connectivity index (χ0n) is 14.1. The van der Waals surface area contributed by atoms with Gasteiger partial charge in [0.25, 0.3) is 0 Å². The van der Waals surface area contributed by atoms with E-state index in [0.717, 1.165) is 23.3 Å². The maximum Gasteiger partial charge on any atom is 0.0863 e. The fraction of sp³-hybridized carbons (Fsp3) is 0.150. The molecule has 0 radical (unpaired) electrons. The molecule has 2 aromatic carbocycles. The lowest BCUT2D eigenvalue weighted by molar-refractivity contribution is 0.722. The molecule has 0 saturated heterocycles. The summed E-state index contributed by atoms with van der Waals surface area (Å²) in [7, 11) is 0. The predicted octanol–water partition coefficient (Wildman–Crippen LogP) is 5.47. The third-order valence-electron chi connectivity index (χ3n) is 4.45. The Morgan fingerprint density at radius 3 is 2.73 bits per heavy atom. The zero-order valence-corrected chi connectivity index (χ0v) is 15.6. The molecule has 0 aliphatic rings. The third kappa shape index (κ3) is 3.30. The Kier molecular flexibility index (Phi) is 4.62. The number of para-hydroxylation sites is 1. The first-order valence-corrected chi connectivity index (χ1v) is 9.08. The summed E-state index contributed by atoms with van der Waals surface area (Å²) in [5, 5.41) is 10.8. The first-order chi connectivity index (χ1) is 12.6. The van der Waals surface area contributed by atoms with Crippen molar-refractivity contribution >= 4 is 34.1 Å². The second-order valence-electron chi connectivity index (χ2n) is 6.28. The molecule has 0 amide bonds. The average Bonchev–Trinajstić information content (AvgIpc) is 3.15. The quantitative estimate of drug-likeness (QED) is 0.470. The summed E-state index contributed by atoms with van der Waals surface area (Å²) in [5.41, 5.74) is 4.03. The van der Waals surface area contributed by atoms with E-state index in [9.17, 15) is 0 Å². The van der Waals surface area contributed by atoms with Crippen LogP contribution in [-0.4, -0.2) is 20.0 Å². The summed E-state index contributed by atoms with van der Waals surface area (Å²) in [6, 6.07) is 15.7. The van der Waals surface area contributed by atoms with Gasteiger partial charge in [-0.3, -0.25) is 4.98 Å². The number of aromatic nitrogens is 4. The summed E-state index contributed by atoms with van der Waals surface area (Å²) in [5.74, 6) is 0.220. The van der Waals surface area contributed by atoms with Gasteiger partial charge >= 0.3 is 0 Å². The van der Waals surface area contributed by atoms with Crippen LogP contribution in [0, 0.1) is 0 Å². The second-order valence-corrected chi connectivity index (χ2v) is 7.09. The zero-order chi connectivity index (χ0) is 18.1. The fourth-order valence-corrected chi connectivity index (χ4v) is 3.32. The van der Waals surface area contributed by atoms with E-state index in [1.165, 1.54) is 10.9 Å². The van der Waals surface area contributed by atoms with E-state index in [0.29, 0.717) is 10.0 Å². The van der Waals surface area contributed by atoms with Crippen LogP contribution in [0.1, 0.15) is 24.1 Å². The Morgan fingerprint density at radius 1 is 1.04 bits per heavy atom. The number of benzene rings is 2. The van der Waals surface area contributed by atoms with E-state index in [-0.39, 0.29) is 5.92 Å². The molecule has 4 rings (SSSR count). The molecule has 4 aromatic rings. The highest BCUT2D eigenvalue weighted by Gasteiger charge is 2.14. The van der Waals surface area contributed by atoms with E-state index in [1.54, 1.807) is 16.8 Å². The molecule has 0 bridgehead atoms. The second kappa shape index (κ2) is 7.06. The van der Waals surface area contributed by atoms with Gasteiger partial charge in [0.05, 0.1) is 33.1 Å². The van der Waals surface area contributed by atoms with Gasteiger partial charge in [-0.25, -0.2) is 4.68 Å². The van der Waals surface area contributed by atoms with Crippen LogP contribution in [0.4, 0.5) is 0 Å². The largest absolute Gasteiger partial charge is 0.256 e. The molecule has 0 saturated carbocycles. The lowest BCUT2D eigenvalue weighted by atomic mass is 9.96. The maximum absolute atomic E-state index is 6.10. The number of fused-ring (bicyclic) bond motifs is 1. The minimum Gasteiger partial charge on any atom is -0.256 e. The summed E-state index contributed by atoms with van der Waals surface area (Å²) >= 11 is 12.1. The molecule has 0 aliphatic heterocycles. The molecule has 26 heavy (non-hydrogen) atoms. The van der Waals surface area contributed by atoms with Gasteiger partial charge in [-0.15, -0.1) is 5.10 Å². The highest BCUT2D eigenvalue weighted by atomic mass is 35.5. The van der Waals surface area contributed by atoms with Gasteiger partial charge in [-0.1, -0.05) is 53.5 Å². The maximum atomic E-state index is 6.10. The summed E-state index contributed by atoms with van der Waals surface area (Å²) < 4.78 is 1.72. The van der Waals surface area contributed by atoms with Gasteiger partial charge in [-0.2, -0.15) is 0 Å². The van der Waals surface area contributed by atoms with Gasteiger partial charge in [0, 0.05) is 17.5 Å². The molecule has 1 unspecified atom stereocenters. The molecule has 2 aromatic heterocycles. The molecule has 0 N–H and O–H groups in total. The number of nitrogens with zero attached hydrogens (tertiary/aromatic N) is 4. The monoisotopic (exact) mass is 382 g/mol. The molecule has 2 heterocycles. The Morgan fingerprint density at radius 2 is 1.88 bits per heavy atom. The first kappa shape index (κ1) is 17.0.